The Hall–Kier alpha value is -2.07. The highest BCUT2D eigenvalue weighted by atomic mass is 14.3. The third-order valence-electron chi connectivity index (χ3n) is 5.09. The molecule has 1 saturated carbocycles. The Morgan fingerprint density at radius 3 is 2.39 bits per heavy atom. The van der Waals surface area contributed by atoms with Crippen molar-refractivity contribution in [2.45, 2.75) is 51.4 Å². The Kier molecular flexibility index (Phi) is 5.13. The lowest BCUT2D eigenvalue weighted by atomic mass is 9.76. The molecule has 0 atom stereocenters. The average Bonchev–Trinajstić information content (AvgIpc) is 2.63. The van der Waals surface area contributed by atoms with Crippen molar-refractivity contribution in [2.75, 3.05) is 0 Å². The second kappa shape index (κ2) is 7.47. The minimum absolute atomic E-state index is 0.269. The highest BCUT2D eigenvalue weighted by molar-refractivity contribution is 5.68. The average molecular weight is 303 g/mol. The molecule has 23 heavy (non-hydrogen) atoms. The van der Waals surface area contributed by atoms with E-state index in [1.165, 1.54) is 28.7 Å². The largest absolute Gasteiger partial charge is 0.198 e. The second-order valence-electron chi connectivity index (χ2n) is 6.72. The summed E-state index contributed by atoms with van der Waals surface area (Å²) in [5.74, 6) is 0.872. The molecule has 1 heteroatoms. The van der Waals surface area contributed by atoms with Crippen LogP contribution in [0.15, 0.2) is 48.5 Å². The smallest absolute Gasteiger partial charge is 0.0655 e. The van der Waals surface area contributed by atoms with Gasteiger partial charge in [0, 0.05) is 5.92 Å². The first kappa shape index (κ1) is 15.8. The molecule has 1 aliphatic rings. The van der Waals surface area contributed by atoms with E-state index in [1.807, 2.05) is 0 Å². The van der Waals surface area contributed by atoms with Crippen LogP contribution in [0, 0.1) is 17.2 Å². The fourth-order valence-corrected chi connectivity index (χ4v) is 3.81. The maximum Gasteiger partial charge on any atom is 0.0655 e. The number of nitriles is 1. The summed E-state index contributed by atoms with van der Waals surface area (Å²) in [7, 11) is 0. The molecule has 2 aromatic rings. The molecule has 0 amide bonds. The zero-order valence-corrected chi connectivity index (χ0v) is 14.0. The molecule has 0 aliphatic heterocycles. The number of hydrogen-bond donors (Lipinski definition) is 0. The lowest BCUT2D eigenvalue weighted by Gasteiger charge is -2.27. The Bertz CT molecular complexity index is 673. The zero-order chi connectivity index (χ0) is 16.1. The summed E-state index contributed by atoms with van der Waals surface area (Å²) in [6.07, 6.45) is 6.73. The molecule has 3 rings (SSSR count). The van der Waals surface area contributed by atoms with E-state index in [9.17, 15) is 0 Å². The quantitative estimate of drug-likeness (QED) is 0.669. The standard InChI is InChI=1S/C22H25N/c1-2-6-17-11-14-21(19-7-4-3-5-8-19)22(15-17)20-12-9-18(16-23)10-13-20/h3-5,7-8,11,14-15,18,20H,2,6,9-10,12-13H2,1H3. The van der Waals surface area contributed by atoms with E-state index in [1.54, 1.807) is 0 Å². The van der Waals surface area contributed by atoms with Crippen LogP contribution in [0.3, 0.4) is 0 Å². The third kappa shape index (κ3) is 3.64. The first-order valence-electron chi connectivity index (χ1n) is 8.89. The Labute approximate surface area is 140 Å². The maximum absolute atomic E-state index is 9.14. The van der Waals surface area contributed by atoms with E-state index in [4.69, 9.17) is 5.26 Å². The lowest BCUT2D eigenvalue weighted by molar-refractivity contribution is 0.382. The van der Waals surface area contributed by atoms with Crippen LogP contribution < -0.4 is 0 Å². The molecule has 0 aromatic heterocycles. The molecule has 0 radical (unpaired) electrons. The summed E-state index contributed by atoms with van der Waals surface area (Å²) in [6, 6.07) is 20.2. The van der Waals surface area contributed by atoms with E-state index in [2.05, 4.69) is 61.5 Å². The molecule has 2 aromatic carbocycles. The first-order valence-corrected chi connectivity index (χ1v) is 8.89. The van der Waals surface area contributed by atoms with Gasteiger partial charge in [-0.2, -0.15) is 5.26 Å². The predicted octanol–water partition coefficient (Wildman–Crippen LogP) is 6.10. The van der Waals surface area contributed by atoms with Gasteiger partial charge in [-0.05, 0) is 60.3 Å². The molecule has 0 unspecified atom stereocenters. The Morgan fingerprint density at radius 1 is 1.00 bits per heavy atom. The van der Waals surface area contributed by atoms with Crippen LogP contribution in [-0.2, 0) is 6.42 Å². The van der Waals surface area contributed by atoms with Gasteiger partial charge in [0.2, 0.25) is 0 Å². The number of rotatable bonds is 4. The van der Waals surface area contributed by atoms with Crippen molar-refractivity contribution in [1.29, 1.82) is 5.26 Å². The van der Waals surface area contributed by atoms with Gasteiger partial charge in [-0.15, -0.1) is 0 Å². The van der Waals surface area contributed by atoms with Gasteiger partial charge in [-0.25, -0.2) is 0 Å². The molecule has 0 N–H and O–H groups in total. The van der Waals surface area contributed by atoms with Crippen LogP contribution in [-0.4, -0.2) is 0 Å². The first-order chi connectivity index (χ1) is 11.3. The van der Waals surface area contributed by atoms with Gasteiger partial charge in [0.15, 0.2) is 0 Å². The lowest BCUT2D eigenvalue weighted by Crippen LogP contribution is -2.13. The molecule has 1 nitrogen and oxygen atoms in total. The molecular weight excluding hydrogens is 278 g/mol. The molecular formula is C22H25N. The zero-order valence-electron chi connectivity index (χ0n) is 14.0. The van der Waals surface area contributed by atoms with Crippen LogP contribution in [0.25, 0.3) is 11.1 Å². The van der Waals surface area contributed by atoms with Gasteiger partial charge >= 0.3 is 0 Å². The highest BCUT2D eigenvalue weighted by Gasteiger charge is 2.24. The SMILES string of the molecule is CCCc1ccc(-c2ccccc2)c(C2CCC(C#N)CC2)c1. The van der Waals surface area contributed by atoms with Gasteiger partial charge in [0.1, 0.15) is 0 Å². The fraction of sp³-hybridized carbons (Fsp3) is 0.409. The van der Waals surface area contributed by atoms with Crippen molar-refractivity contribution in [1.82, 2.24) is 0 Å². The minimum atomic E-state index is 0.269. The van der Waals surface area contributed by atoms with Gasteiger partial charge in [0.25, 0.3) is 0 Å². The van der Waals surface area contributed by atoms with E-state index in [-0.39, 0.29) is 5.92 Å². The molecule has 118 valence electrons. The molecule has 0 heterocycles. The van der Waals surface area contributed by atoms with Crippen molar-refractivity contribution in [3.63, 3.8) is 0 Å². The number of nitrogens with zero attached hydrogens (tertiary/aromatic N) is 1. The summed E-state index contributed by atoms with van der Waals surface area (Å²) >= 11 is 0. The minimum Gasteiger partial charge on any atom is -0.198 e. The van der Waals surface area contributed by atoms with E-state index >= 15 is 0 Å². The van der Waals surface area contributed by atoms with E-state index < -0.39 is 0 Å². The van der Waals surface area contributed by atoms with Crippen molar-refractivity contribution >= 4 is 0 Å². The van der Waals surface area contributed by atoms with Crippen LogP contribution >= 0.6 is 0 Å². The summed E-state index contributed by atoms with van der Waals surface area (Å²) in [5.41, 5.74) is 5.64. The molecule has 0 saturated heterocycles. The van der Waals surface area contributed by atoms with Crippen LogP contribution in [0.4, 0.5) is 0 Å². The molecule has 1 aliphatic carbocycles. The van der Waals surface area contributed by atoms with E-state index in [0.29, 0.717) is 5.92 Å². The van der Waals surface area contributed by atoms with Crippen molar-refractivity contribution in [3.8, 4) is 17.2 Å². The normalized spacial score (nSPS) is 20.9. The Morgan fingerprint density at radius 2 is 1.74 bits per heavy atom. The summed E-state index contributed by atoms with van der Waals surface area (Å²) in [5, 5.41) is 9.14. The fourth-order valence-electron chi connectivity index (χ4n) is 3.81. The number of aryl methyl sites for hydroxylation is 1. The molecule has 0 spiro atoms. The highest BCUT2D eigenvalue weighted by Crippen LogP contribution is 2.40. The Balaban J connectivity index is 1.95. The summed E-state index contributed by atoms with van der Waals surface area (Å²) in [6.45, 7) is 2.24. The summed E-state index contributed by atoms with van der Waals surface area (Å²) < 4.78 is 0. The third-order valence-corrected chi connectivity index (χ3v) is 5.09. The van der Waals surface area contributed by atoms with Gasteiger partial charge in [-0.1, -0.05) is 61.9 Å². The van der Waals surface area contributed by atoms with Gasteiger partial charge in [-0.3, -0.25) is 0 Å². The van der Waals surface area contributed by atoms with Gasteiger partial charge in [0.05, 0.1) is 6.07 Å². The number of benzene rings is 2. The topological polar surface area (TPSA) is 23.8 Å². The number of hydrogen-bond acceptors (Lipinski definition) is 1. The van der Waals surface area contributed by atoms with Crippen molar-refractivity contribution in [3.05, 3.63) is 59.7 Å². The monoisotopic (exact) mass is 303 g/mol. The van der Waals surface area contributed by atoms with Crippen LogP contribution in [0.2, 0.25) is 0 Å². The van der Waals surface area contributed by atoms with Crippen LogP contribution in [0.5, 0.6) is 0 Å². The molecule has 0 bridgehead atoms. The van der Waals surface area contributed by atoms with Crippen LogP contribution in [0.1, 0.15) is 56.1 Å². The second-order valence-corrected chi connectivity index (χ2v) is 6.72. The predicted molar refractivity (Wildman–Crippen MR) is 96.2 cm³/mol. The maximum atomic E-state index is 9.14. The van der Waals surface area contributed by atoms with E-state index in [0.717, 1.165) is 32.1 Å². The molecule has 1 fully saturated rings. The summed E-state index contributed by atoms with van der Waals surface area (Å²) in [4.78, 5) is 0. The van der Waals surface area contributed by atoms with Crippen molar-refractivity contribution in [2.24, 2.45) is 5.92 Å². The van der Waals surface area contributed by atoms with Crippen molar-refractivity contribution < 1.29 is 0 Å². The van der Waals surface area contributed by atoms with Gasteiger partial charge < -0.3 is 0 Å².